The Morgan fingerprint density at radius 3 is 3.17 bits per heavy atom. The summed E-state index contributed by atoms with van der Waals surface area (Å²) in [6, 6.07) is 0.102. The molecule has 0 amide bonds. The van der Waals surface area contributed by atoms with Crippen molar-refractivity contribution in [3.63, 3.8) is 0 Å². The minimum atomic E-state index is -0.366. The summed E-state index contributed by atoms with van der Waals surface area (Å²) < 4.78 is 0. The molecule has 4 N–H and O–H groups in total. The summed E-state index contributed by atoms with van der Waals surface area (Å²) in [5.74, 6) is 0. The van der Waals surface area contributed by atoms with E-state index in [-0.39, 0.29) is 12.1 Å². The number of hydrogen-bond acceptors (Lipinski definition) is 2. The van der Waals surface area contributed by atoms with Crippen LogP contribution in [0.2, 0.25) is 0 Å². The molecule has 12 heavy (non-hydrogen) atoms. The average molecular weight is 166 g/mol. The zero-order valence-corrected chi connectivity index (χ0v) is 7.17. The quantitative estimate of drug-likeness (QED) is 0.529. The molecule has 0 saturated carbocycles. The second-order valence-corrected chi connectivity index (χ2v) is 3.58. The molecule has 1 aliphatic carbocycles. The fourth-order valence-electron chi connectivity index (χ4n) is 1.97. The van der Waals surface area contributed by atoms with Crippen molar-refractivity contribution >= 4 is 0 Å². The summed E-state index contributed by atoms with van der Waals surface area (Å²) in [6.07, 6.45) is 3.12. The summed E-state index contributed by atoms with van der Waals surface area (Å²) in [5, 5.41) is 9.70. The Morgan fingerprint density at radius 2 is 2.42 bits per heavy atom. The Morgan fingerprint density at radius 1 is 1.67 bits per heavy atom. The molecule has 0 radical (unpaired) electrons. The Labute approximate surface area is 71.6 Å². The molecule has 0 aliphatic heterocycles. The number of rotatable bonds is 0. The Balaban J connectivity index is 2.43. The lowest BCUT2D eigenvalue weighted by Gasteiger charge is -2.23. The van der Waals surface area contributed by atoms with Crippen LogP contribution < -0.4 is 5.73 Å². The lowest BCUT2D eigenvalue weighted by atomic mass is 9.90. The number of aliphatic hydroxyl groups excluding tert-OH is 1. The van der Waals surface area contributed by atoms with Gasteiger partial charge in [-0.1, -0.05) is 0 Å². The Kier molecular flexibility index (Phi) is 1.70. The van der Waals surface area contributed by atoms with Gasteiger partial charge in [-0.05, 0) is 18.9 Å². The fourth-order valence-corrected chi connectivity index (χ4v) is 1.97. The monoisotopic (exact) mass is 166 g/mol. The molecule has 0 saturated heterocycles. The zero-order valence-electron chi connectivity index (χ0n) is 7.17. The van der Waals surface area contributed by atoms with Gasteiger partial charge in [0.15, 0.2) is 0 Å². The smallest absolute Gasteiger partial charge is 0.0824 e. The van der Waals surface area contributed by atoms with Crippen molar-refractivity contribution in [2.75, 3.05) is 0 Å². The lowest BCUT2D eigenvalue weighted by molar-refractivity contribution is 0.147. The molecule has 0 spiro atoms. The Bertz CT molecular complexity index is 293. The van der Waals surface area contributed by atoms with Crippen LogP contribution in [0.15, 0.2) is 6.20 Å². The molecule has 1 aromatic rings. The highest BCUT2D eigenvalue weighted by molar-refractivity contribution is 5.34. The molecular formula is C9H14N2O. The van der Waals surface area contributed by atoms with Crippen LogP contribution in [-0.2, 0) is 6.42 Å². The third-order valence-electron chi connectivity index (χ3n) is 2.54. The van der Waals surface area contributed by atoms with Gasteiger partial charge in [0.1, 0.15) is 0 Å². The van der Waals surface area contributed by atoms with Gasteiger partial charge in [-0.25, -0.2) is 0 Å². The minimum Gasteiger partial charge on any atom is -0.388 e. The van der Waals surface area contributed by atoms with Gasteiger partial charge in [-0.15, -0.1) is 0 Å². The second kappa shape index (κ2) is 2.61. The van der Waals surface area contributed by atoms with Crippen molar-refractivity contribution < 1.29 is 5.11 Å². The molecule has 2 atom stereocenters. The van der Waals surface area contributed by atoms with Crippen LogP contribution in [0.3, 0.4) is 0 Å². The molecule has 3 heteroatoms. The third-order valence-corrected chi connectivity index (χ3v) is 2.54. The number of aromatic nitrogens is 1. The first-order chi connectivity index (χ1) is 5.68. The van der Waals surface area contributed by atoms with E-state index in [4.69, 9.17) is 5.73 Å². The van der Waals surface area contributed by atoms with Gasteiger partial charge in [0.25, 0.3) is 0 Å². The van der Waals surface area contributed by atoms with Crippen LogP contribution in [0, 0.1) is 6.92 Å². The molecule has 0 bridgehead atoms. The van der Waals surface area contributed by atoms with Gasteiger partial charge < -0.3 is 15.8 Å². The highest BCUT2D eigenvalue weighted by Crippen LogP contribution is 2.30. The molecule has 0 aromatic carbocycles. The largest absolute Gasteiger partial charge is 0.388 e. The summed E-state index contributed by atoms with van der Waals surface area (Å²) >= 11 is 0. The lowest BCUT2D eigenvalue weighted by Crippen LogP contribution is -2.30. The van der Waals surface area contributed by atoms with E-state index in [1.165, 1.54) is 0 Å². The zero-order chi connectivity index (χ0) is 8.72. The maximum Gasteiger partial charge on any atom is 0.0824 e. The number of nitrogens with one attached hydrogen (secondary N) is 1. The van der Waals surface area contributed by atoms with E-state index in [0.29, 0.717) is 6.42 Å². The minimum absolute atomic E-state index is 0.102. The predicted octanol–water partition coefficient (Wildman–Crippen LogP) is 0.630. The maximum atomic E-state index is 9.70. The highest BCUT2D eigenvalue weighted by atomic mass is 16.3. The summed E-state index contributed by atoms with van der Waals surface area (Å²) in [5.41, 5.74) is 9.09. The number of fused-ring (bicyclic) bond motifs is 1. The van der Waals surface area contributed by atoms with Crippen LogP contribution in [0.25, 0.3) is 0 Å². The van der Waals surface area contributed by atoms with E-state index >= 15 is 0 Å². The van der Waals surface area contributed by atoms with E-state index in [9.17, 15) is 5.11 Å². The number of aliphatic hydroxyl groups is 1. The first-order valence-electron chi connectivity index (χ1n) is 4.29. The summed E-state index contributed by atoms with van der Waals surface area (Å²) in [4.78, 5) is 3.15. The van der Waals surface area contributed by atoms with Gasteiger partial charge in [0.05, 0.1) is 6.10 Å². The molecule has 0 fully saturated rings. The predicted molar refractivity (Wildman–Crippen MR) is 46.8 cm³/mol. The normalized spacial score (nSPS) is 28.6. The van der Waals surface area contributed by atoms with E-state index in [1.807, 2.05) is 13.1 Å². The third kappa shape index (κ3) is 1.06. The summed E-state index contributed by atoms with van der Waals surface area (Å²) in [7, 11) is 0. The molecule has 2 rings (SSSR count). The number of nitrogens with two attached hydrogens (primary N) is 1. The number of H-pyrrole nitrogens is 1. The van der Waals surface area contributed by atoms with Crippen molar-refractivity contribution in [2.24, 2.45) is 5.73 Å². The number of aryl methyl sites for hydroxylation is 1. The van der Waals surface area contributed by atoms with E-state index in [2.05, 4.69) is 4.98 Å². The molecule has 1 heterocycles. The maximum absolute atomic E-state index is 9.70. The van der Waals surface area contributed by atoms with Gasteiger partial charge in [-0.2, -0.15) is 0 Å². The van der Waals surface area contributed by atoms with Gasteiger partial charge in [-0.3, -0.25) is 0 Å². The Hall–Kier alpha value is -0.800. The van der Waals surface area contributed by atoms with Crippen LogP contribution in [0.4, 0.5) is 0 Å². The van der Waals surface area contributed by atoms with Crippen LogP contribution in [0.5, 0.6) is 0 Å². The first-order valence-corrected chi connectivity index (χ1v) is 4.29. The highest BCUT2D eigenvalue weighted by Gasteiger charge is 2.25. The molecule has 3 nitrogen and oxygen atoms in total. The van der Waals surface area contributed by atoms with Crippen molar-refractivity contribution in [1.29, 1.82) is 0 Å². The fraction of sp³-hybridized carbons (Fsp3) is 0.556. The standard InChI is InChI=1S/C9H14N2O/c1-5-4-11-7-2-6(10)3-8(12)9(5)7/h4,6,8,11-12H,2-3,10H2,1H3. The molecule has 2 unspecified atom stereocenters. The number of hydrogen-bond donors (Lipinski definition) is 3. The van der Waals surface area contributed by atoms with Crippen LogP contribution in [-0.4, -0.2) is 16.1 Å². The van der Waals surface area contributed by atoms with Crippen molar-refractivity contribution in [3.8, 4) is 0 Å². The van der Waals surface area contributed by atoms with Crippen LogP contribution in [0.1, 0.15) is 29.3 Å². The van der Waals surface area contributed by atoms with E-state index < -0.39 is 0 Å². The second-order valence-electron chi connectivity index (χ2n) is 3.58. The molecular weight excluding hydrogens is 152 g/mol. The number of aromatic amines is 1. The van der Waals surface area contributed by atoms with Crippen molar-refractivity contribution in [1.82, 2.24) is 4.98 Å². The molecule has 1 aromatic heterocycles. The van der Waals surface area contributed by atoms with Gasteiger partial charge in [0, 0.05) is 29.9 Å². The first kappa shape index (κ1) is 7.83. The SMILES string of the molecule is Cc1c[nH]c2c1C(O)CC(N)C2. The van der Waals surface area contributed by atoms with Crippen LogP contribution >= 0.6 is 0 Å². The van der Waals surface area contributed by atoms with Crippen molar-refractivity contribution in [3.05, 3.63) is 23.0 Å². The van der Waals surface area contributed by atoms with E-state index in [0.717, 1.165) is 23.2 Å². The molecule has 1 aliphatic rings. The average Bonchev–Trinajstić information content (AvgIpc) is 2.31. The molecule has 66 valence electrons. The van der Waals surface area contributed by atoms with Crippen molar-refractivity contribution in [2.45, 2.75) is 31.9 Å². The van der Waals surface area contributed by atoms with E-state index in [1.54, 1.807) is 0 Å². The topological polar surface area (TPSA) is 62.0 Å². The van der Waals surface area contributed by atoms with Gasteiger partial charge in [0.2, 0.25) is 0 Å². The van der Waals surface area contributed by atoms with Gasteiger partial charge >= 0.3 is 0 Å². The summed E-state index contributed by atoms with van der Waals surface area (Å²) in [6.45, 7) is 2.01.